The monoisotopic (exact) mass is 544 g/mol. The van der Waals surface area contributed by atoms with Crippen LogP contribution >= 0.6 is 11.8 Å². The van der Waals surface area contributed by atoms with Crippen LogP contribution in [0.3, 0.4) is 0 Å². The van der Waals surface area contributed by atoms with Crippen LogP contribution < -0.4 is 4.90 Å². The number of alkyl halides is 3. The molecule has 0 fully saturated rings. The van der Waals surface area contributed by atoms with Crippen molar-refractivity contribution >= 4 is 41.0 Å². The number of fused-ring (bicyclic) bond motifs is 2. The van der Waals surface area contributed by atoms with Gasteiger partial charge in [0.05, 0.1) is 29.8 Å². The van der Waals surface area contributed by atoms with E-state index >= 15 is 0 Å². The summed E-state index contributed by atoms with van der Waals surface area (Å²) in [7, 11) is 3.99. The number of anilines is 2. The molecule has 1 heterocycles. The molecule has 0 bridgehead atoms. The smallest absolute Gasteiger partial charge is 0.416 e. The molecule has 0 saturated heterocycles. The number of benzene rings is 2. The van der Waals surface area contributed by atoms with E-state index in [9.17, 15) is 27.6 Å². The van der Waals surface area contributed by atoms with Crippen LogP contribution in [0.1, 0.15) is 24.8 Å². The Kier molecular flexibility index (Phi) is 9.95. The van der Waals surface area contributed by atoms with Crippen LogP contribution in [-0.2, 0) is 20.6 Å². The first-order valence-electron chi connectivity index (χ1n) is 10.9. The number of para-hydroxylation sites is 1. The van der Waals surface area contributed by atoms with Crippen LogP contribution in [0.25, 0.3) is 0 Å². The largest absolute Gasteiger partial charge is 0.481 e. The van der Waals surface area contributed by atoms with E-state index in [1.165, 1.54) is 17.8 Å². The number of carbonyl (C=O) groups is 3. The number of carboxylic acid groups (broad SMARTS) is 3. The normalized spacial score (nSPS) is 12.8. The maximum Gasteiger partial charge on any atom is 0.416 e. The van der Waals surface area contributed by atoms with Crippen molar-refractivity contribution in [2.75, 3.05) is 32.1 Å². The molecule has 2 aromatic carbocycles. The Morgan fingerprint density at radius 3 is 2.00 bits per heavy atom. The van der Waals surface area contributed by atoms with E-state index in [4.69, 9.17) is 20.4 Å². The van der Waals surface area contributed by atoms with Crippen molar-refractivity contribution in [2.45, 2.75) is 40.8 Å². The fraction of sp³-hybridized carbons (Fsp3) is 0.375. The zero-order chi connectivity index (χ0) is 28.0. The van der Waals surface area contributed by atoms with Gasteiger partial charge in [-0.3, -0.25) is 9.59 Å². The molecule has 1 aliphatic heterocycles. The predicted octanol–water partition coefficient (Wildman–Crippen LogP) is 4.01. The van der Waals surface area contributed by atoms with Gasteiger partial charge in [-0.1, -0.05) is 23.9 Å². The van der Waals surface area contributed by atoms with Gasteiger partial charge in [0, 0.05) is 16.3 Å². The number of nitrogens with zero attached hydrogens (tertiary/aromatic N) is 2. The molecule has 0 atom stereocenters. The standard InChI is InChI=1S/C18H19F3N2S.C6H8O7/c1-22(2)10-5-11-23-14-6-3-4-7-16(14)24-17-9-8-13(12-15(17)23)18(19,20)21;7-3(8)1-6(13,5(11)12)2-4(9)10/h3-4,6-9,12H,5,10-11H2,1-2H3;13H,1-2H2,(H,7,8)(H,9,10)(H,11,12). The summed E-state index contributed by atoms with van der Waals surface area (Å²) in [5.41, 5.74) is -1.71. The third-order valence-electron chi connectivity index (χ3n) is 5.23. The highest BCUT2D eigenvalue weighted by Crippen LogP contribution is 2.49. The molecule has 0 aromatic heterocycles. The Morgan fingerprint density at radius 2 is 1.49 bits per heavy atom. The molecular weight excluding hydrogens is 517 g/mol. The van der Waals surface area contributed by atoms with E-state index in [0.29, 0.717) is 12.2 Å². The zero-order valence-electron chi connectivity index (χ0n) is 20.0. The molecule has 0 aliphatic carbocycles. The molecule has 3 rings (SSSR count). The van der Waals surface area contributed by atoms with Crippen LogP contribution in [0.5, 0.6) is 0 Å². The molecule has 4 N–H and O–H groups in total. The lowest BCUT2D eigenvalue weighted by Gasteiger charge is -2.33. The minimum Gasteiger partial charge on any atom is -0.481 e. The van der Waals surface area contributed by atoms with Crippen molar-refractivity contribution in [3.63, 3.8) is 0 Å². The second kappa shape index (κ2) is 12.3. The van der Waals surface area contributed by atoms with Gasteiger partial charge in [0.2, 0.25) is 0 Å². The summed E-state index contributed by atoms with van der Waals surface area (Å²) in [5, 5.41) is 33.8. The molecule has 9 nitrogen and oxygen atoms in total. The summed E-state index contributed by atoms with van der Waals surface area (Å²) in [6.07, 6.45) is -5.74. The van der Waals surface area contributed by atoms with Crippen LogP contribution in [0.2, 0.25) is 0 Å². The third-order valence-corrected chi connectivity index (χ3v) is 6.36. The average Bonchev–Trinajstić information content (AvgIpc) is 2.76. The van der Waals surface area contributed by atoms with Crippen molar-refractivity contribution in [1.82, 2.24) is 4.90 Å². The van der Waals surface area contributed by atoms with E-state index in [-0.39, 0.29) is 0 Å². The predicted molar refractivity (Wildman–Crippen MR) is 129 cm³/mol. The molecule has 1 aliphatic rings. The number of hydrogen-bond donors (Lipinski definition) is 4. The van der Waals surface area contributed by atoms with Crippen molar-refractivity contribution in [3.05, 3.63) is 48.0 Å². The third kappa shape index (κ3) is 8.37. The molecule has 2 aromatic rings. The van der Waals surface area contributed by atoms with Crippen molar-refractivity contribution in [3.8, 4) is 0 Å². The Labute approximate surface area is 215 Å². The quantitative estimate of drug-likeness (QED) is 0.366. The summed E-state index contributed by atoms with van der Waals surface area (Å²) >= 11 is 1.53. The van der Waals surface area contributed by atoms with E-state index in [2.05, 4.69) is 4.90 Å². The second-order valence-electron chi connectivity index (χ2n) is 8.54. The minimum absolute atomic E-state index is 0.598. The van der Waals surface area contributed by atoms with Gasteiger partial charge < -0.3 is 30.2 Å². The molecular formula is C24H27F3N2O7S. The van der Waals surface area contributed by atoms with E-state index < -0.39 is 48.1 Å². The molecule has 13 heteroatoms. The number of aliphatic carboxylic acids is 3. The lowest BCUT2D eigenvalue weighted by molar-refractivity contribution is -0.170. The highest BCUT2D eigenvalue weighted by Gasteiger charge is 2.40. The number of aliphatic hydroxyl groups is 1. The molecule has 0 amide bonds. The van der Waals surface area contributed by atoms with E-state index in [1.54, 1.807) is 6.07 Å². The molecule has 0 radical (unpaired) electrons. The maximum absolute atomic E-state index is 13.1. The Bertz CT molecular complexity index is 1130. The second-order valence-corrected chi connectivity index (χ2v) is 9.62. The fourth-order valence-corrected chi connectivity index (χ4v) is 4.58. The Morgan fingerprint density at radius 1 is 0.919 bits per heavy atom. The Hall–Kier alpha value is -3.29. The lowest BCUT2D eigenvalue weighted by Crippen LogP contribution is -2.42. The molecule has 0 saturated carbocycles. The molecule has 0 unspecified atom stereocenters. The van der Waals surface area contributed by atoms with Crippen LogP contribution in [0.15, 0.2) is 52.3 Å². The Balaban J connectivity index is 0.000000317. The van der Waals surface area contributed by atoms with Gasteiger partial charge in [-0.15, -0.1) is 0 Å². The summed E-state index contributed by atoms with van der Waals surface area (Å²) in [5.74, 6) is -5.02. The number of hydrogen-bond acceptors (Lipinski definition) is 7. The van der Waals surface area contributed by atoms with Gasteiger partial charge in [-0.05, 0) is 57.4 Å². The van der Waals surface area contributed by atoms with Gasteiger partial charge in [0.1, 0.15) is 0 Å². The van der Waals surface area contributed by atoms with Gasteiger partial charge in [-0.2, -0.15) is 13.2 Å². The fourth-order valence-electron chi connectivity index (χ4n) is 3.51. The first kappa shape index (κ1) is 29.9. The summed E-state index contributed by atoms with van der Waals surface area (Å²) in [6.45, 7) is 1.57. The summed E-state index contributed by atoms with van der Waals surface area (Å²) < 4.78 is 39.3. The van der Waals surface area contributed by atoms with Crippen molar-refractivity contribution < 1.29 is 48.0 Å². The molecule has 202 valence electrons. The number of halogens is 3. The topological polar surface area (TPSA) is 139 Å². The SMILES string of the molecule is CN(C)CCCN1c2ccccc2Sc2ccc(C(F)(F)F)cc21.O=C(O)CC(O)(CC(=O)O)C(=O)O. The van der Waals surface area contributed by atoms with Crippen LogP contribution in [0.4, 0.5) is 24.5 Å². The average molecular weight is 545 g/mol. The summed E-state index contributed by atoms with van der Waals surface area (Å²) in [6, 6.07) is 11.9. The van der Waals surface area contributed by atoms with Gasteiger partial charge in [0.15, 0.2) is 5.60 Å². The van der Waals surface area contributed by atoms with Crippen LogP contribution in [0, 0.1) is 0 Å². The zero-order valence-corrected chi connectivity index (χ0v) is 20.8. The maximum atomic E-state index is 13.1. The van der Waals surface area contributed by atoms with Gasteiger partial charge in [-0.25, -0.2) is 4.79 Å². The number of rotatable bonds is 9. The first-order valence-corrected chi connectivity index (χ1v) is 11.8. The minimum atomic E-state index is -4.33. The van der Waals surface area contributed by atoms with E-state index in [0.717, 1.165) is 34.5 Å². The van der Waals surface area contributed by atoms with Gasteiger partial charge >= 0.3 is 24.1 Å². The molecule has 37 heavy (non-hydrogen) atoms. The summed E-state index contributed by atoms with van der Waals surface area (Å²) in [4.78, 5) is 36.5. The highest BCUT2D eigenvalue weighted by molar-refractivity contribution is 7.99. The van der Waals surface area contributed by atoms with Gasteiger partial charge in [0.25, 0.3) is 0 Å². The van der Waals surface area contributed by atoms with Crippen LogP contribution in [-0.4, -0.2) is 76.0 Å². The first-order chi connectivity index (χ1) is 17.1. The van der Waals surface area contributed by atoms with Crippen molar-refractivity contribution in [1.29, 1.82) is 0 Å². The van der Waals surface area contributed by atoms with Crippen molar-refractivity contribution in [2.24, 2.45) is 0 Å². The van der Waals surface area contributed by atoms with E-state index in [1.807, 2.05) is 43.3 Å². The lowest BCUT2D eigenvalue weighted by atomic mass is 9.96. The highest BCUT2D eigenvalue weighted by atomic mass is 32.2. The number of carboxylic acids is 3. The molecule has 0 spiro atoms.